The Bertz CT molecular complexity index is 654. The van der Waals surface area contributed by atoms with Crippen LogP contribution < -0.4 is 5.73 Å². The van der Waals surface area contributed by atoms with E-state index in [0.717, 1.165) is 5.56 Å². The van der Waals surface area contributed by atoms with Crippen LogP contribution in [0.2, 0.25) is 0 Å². The van der Waals surface area contributed by atoms with E-state index in [0.29, 0.717) is 6.54 Å². The molecule has 0 unspecified atom stereocenters. The third-order valence-electron chi connectivity index (χ3n) is 3.43. The van der Waals surface area contributed by atoms with E-state index in [1.807, 2.05) is 13.8 Å². The van der Waals surface area contributed by atoms with E-state index < -0.39 is 16.0 Å². The molecule has 0 spiro atoms. The lowest BCUT2D eigenvalue weighted by Gasteiger charge is -2.28. The van der Waals surface area contributed by atoms with E-state index in [1.165, 1.54) is 30.6 Å². The van der Waals surface area contributed by atoms with Crippen molar-refractivity contribution in [2.75, 3.05) is 27.2 Å². The zero-order chi connectivity index (χ0) is 17.1. The lowest BCUT2D eigenvalue weighted by Crippen LogP contribution is -2.40. The maximum Gasteiger partial charge on any atom is 0.339 e. The molecule has 0 radical (unpaired) electrons. The fourth-order valence-electron chi connectivity index (χ4n) is 2.06. The van der Waals surface area contributed by atoms with Crippen LogP contribution in [-0.2, 0) is 14.8 Å². The first kappa shape index (κ1) is 18.6. The fourth-order valence-corrected chi connectivity index (χ4v) is 3.57. The molecule has 0 fully saturated rings. The van der Waals surface area contributed by atoms with Crippen molar-refractivity contribution in [3.05, 3.63) is 29.3 Å². The van der Waals surface area contributed by atoms with Crippen molar-refractivity contribution in [1.29, 1.82) is 0 Å². The van der Waals surface area contributed by atoms with Gasteiger partial charge in [0.15, 0.2) is 0 Å². The van der Waals surface area contributed by atoms with Crippen LogP contribution >= 0.6 is 0 Å². The summed E-state index contributed by atoms with van der Waals surface area (Å²) in [5.74, 6) is -0.672. The van der Waals surface area contributed by atoms with Crippen molar-refractivity contribution < 1.29 is 17.9 Å². The van der Waals surface area contributed by atoms with E-state index >= 15 is 0 Å². The minimum Gasteiger partial charge on any atom is -0.465 e. The highest BCUT2D eigenvalue weighted by molar-refractivity contribution is 7.89. The van der Waals surface area contributed by atoms with Crippen LogP contribution in [0.5, 0.6) is 0 Å². The number of hydrogen-bond donors (Lipinski definition) is 1. The molecule has 1 aromatic carbocycles. The van der Waals surface area contributed by atoms with Gasteiger partial charge in [-0.2, -0.15) is 0 Å². The van der Waals surface area contributed by atoms with Gasteiger partial charge in [0, 0.05) is 13.6 Å². The smallest absolute Gasteiger partial charge is 0.339 e. The molecule has 0 aliphatic carbocycles. The van der Waals surface area contributed by atoms with Crippen molar-refractivity contribution in [3.8, 4) is 0 Å². The third kappa shape index (κ3) is 4.06. The van der Waals surface area contributed by atoms with E-state index in [1.54, 1.807) is 13.0 Å². The Labute approximate surface area is 132 Å². The van der Waals surface area contributed by atoms with Gasteiger partial charge in [0.2, 0.25) is 10.0 Å². The van der Waals surface area contributed by atoms with Gasteiger partial charge < -0.3 is 10.5 Å². The molecule has 0 heterocycles. The molecule has 0 aliphatic rings. The normalized spacial score (nSPS) is 12.5. The highest BCUT2D eigenvalue weighted by atomic mass is 32.2. The van der Waals surface area contributed by atoms with Gasteiger partial charge in [0.25, 0.3) is 0 Å². The van der Waals surface area contributed by atoms with Gasteiger partial charge in [-0.3, -0.25) is 0 Å². The van der Waals surface area contributed by atoms with Crippen LogP contribution in [0.25, 0.3) is 0 Å². The standard InChI is InChI=1S/C15H24N2O4S/c1-11-6-7-13(12(8-11)14(18)21-5)22(19,20)17(4)10-15(2,3)9-16/h6-8H,9-10,16H2,1-5H3. The summed E-state index contributed by atoms with van der Waals surface area (Å²) in [5, 5.41) is 0. The number of carbonyl (C=O) groups is 1. The molecule has 2 N–H and O–H groups in total. The van der Waals surface area contributed by atoms with E-state index in [4.69, 9.17) is 5.73 Å². The van der Waals surface area contributed by atoms with Gasteiger partial charge in [-0.05, 0) is 31.0 Å². The number of methoxy groups -OCH3 is 1. The lowest BCUT2D eigenvalue weighted by molar-refractivity contribution is 0.0596. The lowest BCUT2D eigenvalue weighted by atomic mass is 9.94. The Morgan fingerprint density at radius 2 is 1.95 bits per heavy atom. The molecular weight excluding hydrogens is 304 g/mol. The number of nitrogens with two attached hydrogens (primary N) is 1. The summed E-state index contributed by atoms with van der Waals surface area (Å²) in [5.41, 5.74) is 6.12. The molecular formula is C15H24N2O4S. The van der Waals surface area contributed by atoms with Gasteiger partial charge in [0.05, 0.1) is 17.6 Å². The SMILES string of the molecule is COC(=O)c1cc(C)ccc1S(=O)(=O)N(C)CC(C)(C)CN. The number of ether oxygens (including phenoxy) is 1. The quantitative estimate of drug-likeness (QED) is 0.797. The molecule has 0 atom stereocenters. The third-order valence-corrected chi connectivity index (χ3v) is 5.29. The summed E-state index contributed by atoms with van der Waals surface area (Å²) in [6.07, 6.45) is 0. The number of esters is 1. The molecule has 0 saturated carbocycles. The Balaban J connectivity index is 3.31. The van der Waals surface area contributed by atoms with Gasteiger partial charge in [0.1, 0.15) is 0 Å². The van der Waals surface area contributed by atoms with Crippen LogP contribution in [-0.4, -0.2) is 45.9 Å². The number of sulfonamides is 1. The van der Waals surface area contributed by atoms with Crippen molar-refractivity contribution in [2.45, 2.75) is 25.7 Å². The van der Waals surface area contributed by atoms with Gasteiger partial charge in [-0.25, -0.2) is 17.5 Å². The Kier molecular flexibility index (Phi) is 5.72. The van der Waals surface area contributed by atoms with E-state index in [9.17, 15) is 13.2 Å². The topological polar surface area (TPSA) is 89.7 Å². The molecule has 0 saturated heterocycles. The highest BCUT2D eigenvalue weighted by Crippen LogP contribution is 2.24. The summed E-state index contributed by atoms with van der Waals surface area (Å²) in [7, 11) is -1.10. The number of aryl methyl sites for hydroxylation is 1. The Hall–Kier alpha value is -1.44. The molecule has 22 heavy (non-hydrogen) atoms. The van der Waals surface area contributed by atoms with Crippen LogP contribution in [0.1, 0.15) is 29.8 Å². The summed E-state index contributed by atoms with van der Waals surface area (Å²) in [4.78, 5) is 11.8. The first-order valence-electron chi connectivity index (χ1n) is 6.90. The molecule has 1 rings (SSSR count). The molecule has 124 valence electrons. The predicted octanol–water partition coefficient (Wildman–Crippen LogP) is 1.39. The number of carbonyl (C=O) groups excluding carboxylic acids is 1. The van der Waals surface area contributed by atoms with Crippen LogP contribution in [0.4, 0.5) is 0 Å². The molecule has 0 bridgehead atoms. The van der Waals surface area contributed by atoms with Crippen LogP contribution in [0, 0.1) is 12.3 Å². The highest BCUT2D eigenvalue weighted by Gasteiger charge is 2.30. The number of rotatable bonds is 6. The number of hydrogen-bond acceptors (Lipinski definition) is 5. The Morgan fingerprint density at radius 3 is 2.45 bits per heavy atom. The molecule has 0 amide bonds. The predicted molar refractivity (Wildman–Crippen MR) is 85.2 cm³/mol. The number of benzene rings is 1. The number of nitrogens with zero attached hydrogens (tertiary/aromatic N) is 1. The first-order chi connectivity index (χ1) is 10.0. The van der Waals surface area contributed by atoms with Crippen molar-refractivity contribution in [2.24, 2.45) is 11.1 Å². The molecule has 7 heteroatoms. The average Bonchev–Trinajstić information content (AvgIpc) is 2.45. The Morgan fingerprint density at radius 1 is 1.36 bits per heavy atom. The summed E-state index contributed by atoms with van der Waals surface area (Å²) in [6.45, 7) is 6.15. The minimum atomic E-state index is -3.81. The monoisotopic (exact) mass is 328 g/mol. The molecule has 1 aromatic rings. The fraction of sp³-hybridized carbons (Fsp3) is 0.533. The summed E-state index contributed by atoms with van der Waals surface area (Å²) < 4.78 is 31.4. The molecule has 6 nitrogen and oxygen atoms in total. The largest absolute Gasteiger partial charge is 0.465 e. The van der Waals surface area contributed by atoms with E-state index in [2.05, 4.69) is 4.74 Å². The van der Waals surface area contributed by atoms with Gasteiger partial charge in [-0.1, -0.05) is 25.5 Å². The zero-order valence-corrected chi connectivity index (χ0v) is 14.5. The maximum absolute atomic E-state index is 12.8. The van der Waals surface area contributed by atoms with Gasteiger partial charge in [-0.15, -0.1) is 0 Å². The summed E-state index contributed by atoms with van der Waals surface area (Å²) >= 11 is 0. The summed E-state index contributed by atoms with van der Waals surface area (Å²) in [6, 6.07) is 4.60. The maximum atomic E-state index is 12.8. The second-order valence-corrected chi connectivity index (χ2v) is 8.13. The molecule has 0 aromatic heterocycles. The van der Waals surface area contributed by atoms with Crippen LogP contribution in [0.3, 0.4) is 0 Å². The molecule has 0 aliphatic heterocycles. The van der Waals surface area contributed by atoms with E-state index in [-0.39, 0.29) is 22.4 Å². The van der Waals surface area contributed by atoms with Crippen LogP contribution in [0.15, 0.2) is 23.1 Å². The van der Waals surface area contributed by atoms with Crippen molar-refractivity contribution in [1.82, 2.24) is 4.31 Å². The minimum absolute atomic E-state index is 0.0416. The first-order valence-corrected chi connectivity index (χ1v) is 8.34. The second kappa shape index (κ2) is 6.76. The van der Waals surface area contributed by atoms with Gasteiger partial charge >= 0.3 is 5.97 Å². The van der Waals surface area contributed by atoms with Crippen molar-refractivity contribution >= 4 is 16.0 Å². The zero-order valence-electron chi connectivity index (χ0n) is 13.7. The van der Waals surface area contributed by atoms with Crippen molar-refractivity contribution in [3.63, 3.8) is 0 Å². The second-order valence-electron chi connectivity index (χ2n) is 6.12. The average molecular weight is 328 g/mol.